The van der Waals surface area contributed by atoms with Crippen LogP contribution in [0.5, 0.6) is 11.5 Å². The quantitative estimate of drug-likeness (QED) is 0.828. The number of primary amides is 1. The second-order valence-corrected chi connectivity index (χ2v) is 4.69. The highest BCUT2D eigenvalue weighted by Gasteiger charge is 2.26. The van der Waals surface area contributed by atoms with Crippen molar-refractivity contribution >= 4 is 11.9 Å². The lowest BCUT2D eigenvalue weighted by molar-refractivity contribution is 0.0653. The van der Waals surface area contributed by atoms with Crippen molar-refractivity contribution in [2.24, 2.45) is 5.73 Å². The Bertz CT molecular complexity index is 677. The first kappa shape index (κ1) is 16.4. The number of amides is 1. The zero-order valence-corrected chi connectivity index (χ0v) is 12.8. The lowest BCUT2D eigenvalue weighted by Crippen LogP contribution is -2.23. The zero-order valence-electron chi connectivity index (χ0n) is 12.8. The largest absolute Gasteiger partial charge is 0.497 e. The van der Waals surface area contributed by atoms with Crippen LogP contribution in [0.15, 0.2) is 48.5 Å². The molecule has 6 nitrogen and oxygen atoms in total. The van der Waals surface area contributed by atoms with E-state index in [2.05, 4.69) is 0 Å². The summed E-state index contributed by atoms with van der Waals surface area (Å²) in [5.74, 6) is 0.552. The number of nitrogens with two attached hydrogens (primary N) is 1. The summed E-state index contributed by atoms with van der Waals surface area (Å²) in [5, 5.41) is 0. The Morgan fingerprint density at radius 3 is 2.00 bits per heavy atom. The van der Waals surface area contributed by atoms with E-state index in [4.69, 9.17) is 19.9 Å². The Balaban J connectivity index is 2.46. The molecule has 1 unspecified atom stereocenters. The van der Waals surface area contributed by atoms with Crippen LogP contribution in [0.3, 0.4) is 0 Å². The van der Waals surface area contributed by atoms with Crippen molar-refractivity contribution in [3.8, 4) is 11.5 Å². The Morgan fingerprint density at radius 2 is 1.52 bits per heavy atom. The van der Waals surface area contributed by atoms with Gasteiger partial charge in [-0.1, -0.05) is 30.3 Å². The lowest BCUT2D eigenvalue weighted by atomic mass is 9.99. The lowest BCUT2D eigenvalue weighted by Gasteiger charge is -2.17. The van der Waals surface area contributed by atoms with Gasteiger partial charge in [0.15, 0.2) is 6.10 Å². The van der Waals surface area contributed by atoms with E-state index in [1.807, 2.05) is 0 Å². The van der Waals surface area contributed by atoms with E-state index in [0.717, 1.165) is 0 Å². The molecule has 2 aromatic rings. The SMILES string of the molecule is COc1cc(OC)cc(C(OC(N)=O)C(=O)c2ccccc2)c1. The molecule has 0 spiro atoms. The summed E-state index contributed by atoms with van der Waals surface area (Å²) in [6.45, 7) is 0. The molecule has 6 heteroatoms. The van der Waals surface area contributed by atoms with Gasteiger partial charge in [-0.25, -0.2) is 4.79 Å². The van der Waals surface area contributed by atoms with Gasteiger partial charge >= 0.3 is 6.09 Å². The van der Waals surface area contributed by atoms with Crippen LogP contribution in [-0.4, -0.2) is 26.1 Å². The number of carbonyl (C=O) groups excluding carboxylic acids is 2. The maximum absolute atomic E-state index is 12.7. The van der Waals surface area contributed by atoms with Crippen LogP contribution in [-0.2, 0) is 4.74 Å². The number of Topliss-reactive ketones (excluding diaryl/α,β-unsaturated/α-hetero) is 1. The fourth-order valence-corrected chi connectivity index (χ4v) is 2.12. The predicted molar refractivity (Wildman–Crippen MR) is 83.7 cm³/mol. The van der Waals surface area contributed by atoms with Gasteiger partial charge in [-0.05, 0) is 12.1 Å². The third-order valence-electron chi connectivity index (χ3n) is 3.21. The summed E-state index contributed by atoms with van der Waals surface area (Å²) in [4.78, 5) is 23.9. The number of methoxy groups -OCH3 is 2. The topological polar surface area (TPSA) is 87.8 Å². The summed E-state index contributed by atoms with van der Waals surface area (Å²) >= 11 is 0. The van der Waals surface area contributed by atoms with Crippen molar-refractivity contribution in [2.45, 2.75) is 6.10 Å². The van der Waals surface area contributed by atoms with Gasteiger partial charge in [-0.2, -0.15) is 0 Å². The fourth-order valence-electron chi connectivity index (χ4n) is 2.12. The molecule has 2 rings (SSSR count). The Kier molecular flexibility index (Phi) is 5.19. The first-order valence-electron chi connectivity index (χ1n) is 6.83. The molecule has 1 amide bonds. The molecule has 0 fully saturated rings. The van der Waals surface area contributed by atoms with E-state index in [1.54, 1.807) is 48.5 Å². The van der Waals surface area contributed by atoms with Crippen LogP contribution < -0.4 is 15.2 Å². The third-order valence-corrected chi connectivity index (χ3v) is 3.21. The highest BCUT2D eigenvalue weighted by molar-refractivity contribution is 6.01. The summed E-state index contributed by atoms with van der Waals surface area (Å²) in [5.41, 5.74) is 5.93. The van der Waals surface area contributed by atoms with Crippen molar-refractivity contribution in [1.29, 1.82) is 0 Å². The molecule has 0 aliphatic carbocycles. The maximum Gasteiger partial charge on any atom is 0.405 e. The first-order valence-corrected chi connectivity index (χ1v) is 6.83. The van der Waals surface area contributed by atoms with Gasteiger partial charge in [0.1, 0.15) is 11.5 Å². The normalized spacial score (nSPS) is 11.4. The summed E-state index contributed by atoms with van der Waals surface area (Å²) in [6.07, 6.45) is -2.22. The van der Waals surface area contributed by atoms with Crippen LogP contribution in [0.1, 0.15) is 22.0 Å². The number of hydrogen-bond acceptors (Lipinski definition) is 5. The minimum absolute atomic E-state index is 0.389. The molecule has 1 atom stereocenters. The van der Waals surface area contributed by atoms with E-state index < -0.39 is 12.2 Å². The highest BCUT2D eigenvalue weighted by atomic mass is 16.6. The summed E-state index contributed by atoms with van der Waals surface area (Å²) in [6, 6.07) is 13.3. The average molecular weight is 315 g/mol. The Hall–Kier alpha value is -3.02. The van der Waals surface area contributed by atoms with Crippen LogP contribution in [0.2, 0.25) is 0 Å². The van der Waals surface area contributed by atoms with E-state index in [-0.39, 0.29) is 5.78 Å². The molecule has 0 bridgehead atoms. The van der Waals surface area contributed by atoms with Crippen molar-refractivity contribution in [3.63, 3.8) is 0 Å². The number of ether oxygens (including phenoxy) is 3. The standard InChI is InChI=1S/C17H17NO5/c1-21-13-8-12(9-14(10-13)22-2)16(23-17(18)20)15(19)11-6-4-3-5-7-11/h3-10,16H,1-2H3,(H2,18,20). The van der Waals surface area contributed by atoms with Crippen LogP contribution in [0.25, 0.3) is 0 Å². The van der Waals surface area contributed by atoms with Crippen LogP contribution >= 0.6 is 0 Å². The average Bonchev–Trinajstić information content (AvgIpc) is 2.59. The third kappa shape index (κ3) is 4.00. The molecule has 0 heterocycles. The number of rotatable bonds is 6. The van der Waals surface area contributed by atoms with Gasteiger partial charge in [0.05, 0.1) is 14.2 Å². The molecule has 2 N–H and O–H groups in total. The summed E-state index contributed by atoms with van der Waals surface area (Å²) < 4.78 is 15.4. The van der Waals surface area contributed by atoms with Gasteiger partial charge in [0.25, 0.3) is 0 Å². The summed E-state index contributed by atoms with van der Waals surface area (Å²) in [7, 11) is 2.98. The molecule has 0 saturated heterocycles. The number of hydrogen-bond donors (Lipinski definition) is 1. The Labute approximate surface area is 133 Å². The monoisotopic (exact) mass is 315 g/mol. The highest BCUT2D eigenvalue weighted by Crippen LogP contribution is 2.30. The Morgan fingerprint density at radius 1 is 0.957 bits per heavy atom. The van der Waals surface area contributed by atoms with E-state index in [9.17, 15) is 9.59 Å². The second-order valence-electron chi connectivity index (χ2n) is 4.69. The molecule has 120 valence electrons. The van der Waals surface area contributed by atoms with Crippen molar-refractivity contribution in [1.82, 2.24) is 0 Å². The smallest absolute Gasteiger partial charge is 0.405 e. The minimum atomic E-state index is -1.18. The minimum Gasteiger partial charge on any atom is -0.497 e. The molecule has 0 saturated carbocycles. The van der Waals surface area contributed by atoms with Gasteiger partial charge < -0.3 is 19.9 Å². The second kappa shape index (κ2) is 7.31. The van der Waals surface area contributed by atoms with Crippen LogP contribution in [0, 0.1) is 0 Å². The molecule has 0 aliphatic rings. The van der Waals surface area contributed by atoms with Crippen molar-refractivity contribution < 1.29 is 23.8 Å². The molecular formula is C17H17NO5. The van der Waals surface area contributed by atoms with Crippen LogP contribution in [0.4, 0.5) is 4.79 Å². The van der Waals surface area contributed by atoms with E-state index in [0.29, 0.717) is 22.6 Å². The molecule has 23 heavy (non-hydrogen) atoms. The van der Waals surface area contributed by atoms with Gasteiger partial charge in [0, 0.05) is 17.2 Å². The van der Waals surface area contributed by atoms with E-state index >= 15 is 0 Å². The molecule has 2 aromatic carbocycles. The fraction of sp³-hybridized carbons (Fsp3) is 0.176. The zero-order chi connectivity index (χ0) is 16.8. The van der Waals surface area contributed by atoms with Gasteiger partial charge in [0.2, 0.25) is 5.78 Å². The number of ketones is 1. The molecule has 0 radical (unpaired) electrons. The molecule has 0 aliphatic heterocycles. The van der Waals surface area contributed by atoms with Gasteiger partial charge in [-0.3, -0.25) is 4.79 Å². The maximum atomic E-state index is 12.7. The van der Waals surface area contributed by atoms with E-state index in [1.165, 1.54) is 14.2 Å². The van der Waals surface area contributed by atoms with Crippen molar-refractivity contribution in [2.75, 3.05) is 14.2 Å². The first-order chi connectivity index (χ1) is 11.0. The molecule has 0 aromatic heterocycles. The number of benzene rings is 2. The number of carbonyl (C=O) groups is 2. The van der Waals surface area contributed by atoms with Gasteiger partial charge in [-0.15, -0.1) is 0 Å². The predicted octanol–water partition coefficient (Wildman–Crippen LogP) is 2.72. The van der Waals surface area contributed by atoms with Crippen molar-refractivity contribution in [3.05, 3.63) is 59.7 Å². The molecular weight excluding hydrogens is 298 g/mol.